The number of halogens is 1. The van der Waals surface area contributed by atoms with Gasteiger partial charge >= 0.3 is 0 Å². The molecule has 1 aromatic rings. The molecule has 1 aromatic carbocycles. The van der Waals surface area contributed by atoms with Crippen molar-refractivity contribution in [3.63, 3.8) is 0 Å². The van der Waals surface area contributed by atoms with E-state index in [1.54, 1.807) is 21.3 Å². The van der Waals surface area contributed by atoms with Crippen LogP contribution in [0.15, 0.2) is 17.1 Å². The Morgan fingerprint density at radius 2 is 1.72 bits per heavy atom. The van der Waals surface area contributed by atoms with Crippen LogP contribution in [0.4, 0.5) is 0 Å². The van der Waals surface area contributed by atoms with Crippen LogP contribution in [0.2, 0.25) is 0 Å². The molecule has 2 saturated heterocycles. The average Bonchev–Trinajstić information content (AvgIpc) is 3.36. The van der Waals surface area contributed by atoms with Crippen molar-refractivity contribution in [3.05, 3.63) is 17.7 Å². The monoisotopic (exact) mass is 562 g/mol. The highest BCUT2D eigenvalue weighted by Gasteiger charge is 2.31. The van der Waals surface area contributed by atoms with Crippen LogP contribution in [0.5, 0.6) is 17.2 Å². The van der Waals surface area contributed by atoms with E-state index in [0.717, 1.165) is 44.0 Å². The number of piperazine rings is 1. The van der Waals surface area contributed by atoms with Gasteiger partial charge in [-0.15, -0.1) is 24.0 Å². The summed E-state index contributed by atoms with van der Waals surface area (Å²) in [6.07, 6.45) is 1.53. The highest BCUT2D eigenvalue weighted by atomic mass is 127. The zero-order valence-electron chi connectivity index (χ0n) is 19.4. The smallest absolute Gasteiger partial charge is 0.251 e. The van der Waals surface area contributed by atoms with Crippen molar-refractivity contribution in [1.29, 1.82) is 0 Å². The maximum absolute atomic E-state index is 12.6. The van der Waals surface area contributed by atoms with Gasteiger partial charge in [-0.3, -0.25) is 4.79 Å². The van der Waals surface area contributed by atoms with E-state index < -0.39 is 0 Å². The Balaban J connectivity index is 0.00000363. The molecule has 2 aliphatic heterocycles. The normalized spacial score (nSPS) is 18.8. The molecule has 2 fully saturated rings. The third-order valence-corrected chi connectivity index (χ3v) is 5.63. The number of hydrogen-bond donors (Lipinski definition) is 1. The van der Waals surface area contributed by atoms with Crippen LogP contribution in [0, 0.1) is 0 Å². The lowest BCUT2D eigenvalue weighted by molar-refractivity contribution is -0.142. The minimum absolute atomic E-state index is 0. The first-order chi connectivity index (χ1) is 15.1. The molecule has 180 valence electrons. The van der Waals surface area contributed by atoms with E-state index in [1.807, 2.05) is 24.0 Å². The zero-order valence-corrected chi connectivity index (χ0v) is 21.7. The highest BCUT2D eigenvalue weighted by Crippen LogP contribution is 2.34. The summed E-state index contributed by atoms with van der Waals surface area (Å²) < 4.78 is 22.0. The molecule has 2 heterocycles. The summed E-state index contributed by atoms with van der Waals surface area (Å²) in [6.45, 7) is 6.66. The summed E-state index contributed by atoms with van der Waals surface area (Å²) >= 11 is 0. The van der Waals surface area contributed by atoms with Gasteiger partial charge in [0.05, 0.1) is 33.4 Å². The molecule has 3 rings (SSSR count). The average molecular weight is 562 g/mol. The second kappa shape index (κ2) is 12.9. The van der Waals surface area contributed by atoms with Crippen LogP contribution in [-0.2, 0) is 16.1 Å². The Hall–Kier alpha value is -1.95. The first kappa shape index (κ1) is 26.3. The molecule has 1 atom stereocenters. The van der Waals surface area contributed by atoms with Gasteiger partial charge in [0.15, 0.2) is 5.96 Å². The quantitative estimate of drug-likeness (QED) is 0.310. The molecule has 0 aliphatic carbocycles. The van der Waals surface area contributed by atoms with Crippen LogP contribution >= 0.6 is 24.0 Å². The molecule has 0 radical (unpaired) electrons. The number of methoxy groups -OCH3 is 3. The van der Waals surface area contributed by atoms with Crippen LogP contribution in [-0.4, -0.2) is 88.4 Å². The molecule has 0 spiro atoms. The van der Waals surface area contributed by atoms with E-state index in [9.17, 15) is 4.79 Å². The molecule has 1 amide bonds. The SMILES string of the molecule is CCNC(=NCc1c(OC)cc(OC)cc1OC)N1CCN(C(=O)C2CCCO2)CC1.I. The van der Waals surface area contributed by atoms with Crippen LogP contribution < -0.4 is 19.5 Å². The minimum atomic E-state index is -0.261. The van der Waals surface area contributed by atoms with Gasteiger partial charge in [0.2, 0.25) is 0 Å². The summed E-state index contributed by atoms with van der Waals surface area (Å²) in [7, 11) is 4.85. The van der Waals surface area contributed by atoms with Gasteiger partial charge in [0, 0.05) is 51.5 Å². The number of guanidine groups is 1. The number of ether oxygens (including phenoxy) is 4. The second-order valence-corrected chi connectivity index (χ2v) is 7.49. The van der Waals surface area contributed by atoms with E-state index in [-0.39, 0.29) is 36.0 Å². The Kier molecular flexibility index (Phi) is 10.6. The Morgan fingerprint density at radius 1 is 1.09 bits per heavy atom. The second-order valence-electron chi connectivity index (χ2n) is 7.49. The largest absolute Gasteiger partial charge is 0.496 e. The summed E-state index contributed by atoms with van der Waals surface area (Å²) in [5.74, 6) is 2.93. The number of amides is 1. The fourth-order valence-electron chi connectivity index (χ4n) is 3.93. The highest BCUT2D eigenvalue weighted by molar-refractivity contribution is 14.0. The van der Waals surface area contributed by atoms with Crippen molar-refractivity contribution in [2.24, 2.45) is 4.99 Å². The lowest BCUT2D eigenvalue weighted by atomic mass is 10.1. The van der Waals surface area contributed by atoms with Gasteiger partial charge < -0.3 is 34.1 Å². The minimum Gasteiger partial charge on any atom is -0.496 e. The zero-order chi connectivity index (χ0) is 22.2. The molecule has 0 bridgehead atoms. The third kappa shape index (κ3) is 6.31. The summed E-state index contributed by atoms with van der Waals surface area (Å²) in [5, 5.41) is 3.36. The predicted octanol–water partition coefficient (Wildman–Crippen LogP) is 2.12. The van der Waals surface area contributed by atoms with Crippen molar-refractivity contribution >= 4 is 35.8 Å². The van der Waals surface area contributed by atoms with E-state index in [1.165, 1.54) is 0 Å². The maximum atomic E-state index is 12.6. The molecule has 10 heteroatoms. The molecule has 9 nitrogen and oxygen atoms in total. The number of rotatable bonds is 7. The van der Waals surface area contributed by atoms with Gasteiger partial charge in [0.1, 0.15) is 23.4 Å². The van der Waals surface area contributed by atoms with Crippen molar-refractivity contribution in [2.45, 2.75) is 32.4 Å². The Morgan fingerprint density at radius 3 is 2.22 bits per heavy atom. The lowest BCUT2D eigenvalue weighted by Gasteiger charge is -2.37. The molecular formula is C22H35IN4O5. The first-order valence-corrected chi connectivity index (χ1v) is 10.8. The Labute approximate surface area is 207 Å². The Bertz CT molecular complexity index is 753. The molecule has 2 aliphatic rings. The van der Waals surface area contributed by atoms with E-state index in [2.05, 4.69) is 10.2 Å². The summed E-state index contributed by atoms with van der Waals surface area (Å²) in [4.78, 5) is 21.5. The van der Waals surface area contributed by atoms with Gasteiger partial charge in [-0.1, -0.05) is 0 Å². The van der Waals surface area contributed by atoms with Gasteiger partial charge in [-0.2, -0.15) is 0 Å². The third-order valence-electron chi connectivity index (χ3n) is 5.63. The van der Waals surface area contributed by atoms with E-state index in [0.29, 0.717) is 43.5 Å². The van der Waals surface area contributed by atoms with E-state index in [4.69, 9.17) is 23.9 Å². The fraction of sp³-hybridized carbons (Fsp3) is 0.636. The molecule has 32 heavy (non-hydrogen) atoms. The van der Waals surface area contributed by atoms with Gasteiger partial charge in [-0.05, 0) is 19.8 Å². The standard InChI is InChI=1S/C22H34N4O5.HI/c1-5-23-22(24-15-17-19(29-3)13-16(28-2)14-20(17)30-4)26-10-8-25(9-11-26)21(27)18-7-6-12-31-18;/h13-14,18H,5-12,15H2,1-4H3,(H,23,24);1H. The van der Waals surface area contributed by atoms with Crippen molar-refractivity contribution in [3.8, 4) is 17.2 Å². The molecule has 1 unspecified atom stereocenters. The molecule has 0 saturated carbocycles. The van der Waals surface area contributed by atoms with Crippen molar-refractivity contribution in [2.75, 3.05) is 60.7 Å². The van der Waals surface area contributed by atoms with Crippen LogP contribution in [0.1, 0.15) is 25.3 Å². The molecular weight excluding hydrogens is 527 g/mol. The van der Waals surface area contributed by atoms with Gasteiger partial charge in [0.25, 0.3) is 5.91 Å². The van der Waals surface area contributed by atoms with Crippen molar-refractivity contribution < 1.29 is 23.7 Å². The summed E-state index contributed by atoms with van der Waals surface area (Å²) in [6, 6.07) is 3.66. The molecule has 0 aromatic heterocycles. The number of nitrogens with zero attached hydrogens (tertiary/aromatic N) is 3. The fourth-order valence-corrected chi connectivity index (χ4v) is 3.93. The van der Waals surface area contributed by atoms with E-state index >= 15 is 0 Å². The summed E-state index contributed by atoms with van der Waals surface area (Å²) in [5.41, 5.74) is 0.855. The lowest BCUT2D eigenvalue weighted by Crippen LogP contribution is -2.55. The van der Waals surface area contributed by atoms with Crippen molar-refractivity contribution in [1.82, 2.24) is 15.1 Å². The number of nitrogens with one attached hydrogen (secondary N) is 1. The van der Waals surface area contributed by atoms with Crippen LogP contribution in [0.3, 0.4) is 0 Å². The topological polar surface area (TPSA) is 84.9 Å². The van der Waals surface area contributed by atoms with Crippen LogP contribution in [0.25, 0.3) is 0 Å². The maximum Gasteiger partial charge on any atom is 0.251 e. The number of carbonyl (C=O) groups excluding carboxylic acids is 1. The number of carbonyl (C=O) groups is 1. The predicted molar refractivity (Wildman–Crippen MR) is 133 cm³/mol. The van der Waals surface area contributed by atoms with Gasteiger partial charge in [-0.25, -0.2) is 4.99 Å². The first-order valence-electron chi connectivity index (χ1n) is 10.8. The molecule has 1 N–H and O–H groups in total. The number of benzene rings is 1. The number of aliphatic imine (C=N–C) groups is 1. The number of hydrogen-bond acceptors (Lipinski definition) is 6.